The number of hydrogen-bond acceptors (Lipinski definition) is 2. The lowest BCUT2D eigenvalue weighted by Crippen LogP contribution is -2.43. The molecule has 0 radical (unpaired) electrons. The molecule has 0 aliphatic carbocycles. The van der Waals surface area contributed by atoms with Crippen LogP contribution >= 0.6 is 27.5 Å². The van der Waals surface area contributed by atoms with Gasteiger partial charge in [0, 0.05) is 11.0 Å². The largest absolute Gasteiger partial charge is 0.480 e. The predicted molar refractivity (Wildman–Crippen MR) is 74.8 cm³/mol. The van der Waals surface area contributed by atoms with Gasteiger partial charge in [0.15, 0.2) is 0 Å². The highest BCUT2D eigenvalue weighted by Crippen LogP contribution is 2.25. The highest BCUT2D eigenvalue weighted by atomic mass is 79.9. The van der Waals surface area contributed by atoms with E-state index in [0.717, 1.165) is 35.8 Å². The topological polar surface area (TPSA) is 40.5 Å². The fourth-order valence-corrected chi connectivity index (χ4v) is 2.78. The number of likely N-dealkylation sites (tertiary alicyclic amines) is 1. The van der Waals surface area contributed by atoms with Crippen LogP contribution in [0.2, 0.25) is 5.02 Å². The molecule has 1 aliphatic rings. The Kier molecular flexibility index (Phi) is 4.65. The molecule has 5 heteroatoms. The standard InChI is InChI=1S/C13H15BrClNO2/c14-10-5-4-9(7-11(10)15)8-16-6-2-1-3-12(16)13(17)18/h4-5,7,12H,1-3,6,8H2,(H,17,18). The van der Waals surface area contributed by atoms with E-state index in [0.29, 0.717) is 11.6 Å². The lowest BCUT2D eigenvalue weighted by atomic mass is 10.0. The van der Waals surface area contributed by atoms with Crippen molar-refractivity contribution in [3.63, 3.8) is 0 Å². The summed E-state index contributed by atoms with van der Waals surface area (Å²) in [5.41, 5.74) is 1.05. The van der Waals surface area contributed by atoms with Crippen LogP contribution in [0.5, 0.6) is 0 Å². The molecule has 98 valence electrons. The van der Waals surface area contributed by atoms with Crippen molar-refractivity contribution in [1.82, 2.24) is 4.90 Å². The zero-order valence-electron chi connectivity index (χ0n) is 9.90. The molecular formula is C13H15BrClNO2. The quantitative estimate of drug-likeness (QED) is 0.920. The molecule has 0 spiro atoms. The van der Waals surface area contributed by atoms with E-state index in [4.69, 9.17) is 11.6 Å². The fraction of sp³-hybridized carbons (Fsp3) is 0.462. The van der Waals surface area contributed by atoms with Crippen LogP contribution in [0.3, 0.4) is 0 Å². The predicted octanol–water partition coefficient (Wildman–Crippen LogP) is 3.54. The summed E-state index contributed by atoms with van der Waals surface area (Å²) < 4.78 is 0.862. The number of carbonyl (C=O) groups is 1. The van der Waals surface area contributed by atoms with E-state index < -0.39 is 5.97 Å². The molecule has 1 aliphatic heterocycles. The van der Waals surface area contributed by atoms with Crippen molar-refractivity contribution in [3.8, 4) is 0 Å². The summed E-state index contributed by atoms with van der Waals surface area (Å²) in [5.74, 6) is -0.724. The van der Waals surface area contributed by atoms with Gasteiger partial charge in [-0.2, -0.15) is 0 Å². The van der Waals surface area contributed by atoms with Crippen LogP contribution in [0.4, 0.5) is 0 Å². The first-order chi connectivity index (χ1) is 8.58. The maximum atomic E-state index is 11.2. The van der Waals surface area contributed by atoms with Crippen molar-refractivity contribution in [2.45, 2.75) is 31.8 Å². The molecule has 0 bridgehead atoms. The molecule has 1 saturated heterocycles. The molecule has 1 aromatic carbocycles. The van der Waals surface area contributed by atoms with E-state index in [-0.39, 0.29) is 6.04 Å². The number of aliphatic carboxylic acids is 1. The smallest absolute Gasteiger partial charge is 0.320 e. The van der Waals surface area contributed by atoms with Gasteiger partial charge in [-0.25, -0.2) is 0 Å². The third-order valence-corrected chi connectivity index (χ3v) is 4.50. The molecule has 1 aromatic rings. The maximum absolute atomic E-state index is 11.2. The van der Waals surface area contributed by atoms with Crippen molar-refractivity contribution in [2.75, 3.05) is 6.54 Å². The summed E-state index contributed by atoms with van der Waals surface area (Å²) in [6.45, 7) is 1.48. The van der Waals surface area contributed by atoms with Gasteiger partial charge in [-0.05, 0) is 53.0 Å². The number of benzene rings is 1. The van der Waals surface area contributed by atoms with Gasteiger partial charge >= 0.3 is 5.97 Å². The molecule has 3 nitrogen and oxygen atoms in total. The number of carboxylic acids is 1. The molecule has 0 amide bonds. The van der Waals surface area contributed by atoms with E-state index in [2.05, 4.69) is 15.9 Å². The average Bonchev–Trinajstić information content (AvgIpc) is 2.34. The van der Waals surface area contributed by atoms with Gasteiger partial charge in [0.2, 0.25) is 0 Å². The number of halogens is 2. The van der Waals surface area contributed by atoms with Crippen molar-refractivity contribution >= 4 is 33.5 Å². The van der Waals surface area contributed by atoms with Gasteiger partial charge in [0.25, 0.3) is 0 Å². The van der Waals surface area contributed by atoms with Crippen LogP contribution in [-0.4, -0.2) is 28.6 Å². The van der Waals surface area contributed by atoms with Crippen LogP contribution < -0.4 is 0 Å². The maximum Gasteiger partial charge on any atom is 0.320 e. The summed E-state index contributed by atoms with van der Waals surface area (Å²) in [6.07, 6.45) is 2.79. The molecule has 1 unspecified atom stereocenters. The summed E-state index contributed by atoms with van der Waals surface area (Å²) in [7, 11) is 0. The Balaban J connectivity index is 2.10. The SMILES string of the molecule is O=C(O)C1CCCCN1Cc1ccc(Br)c(Cl)c1. The summed E-state index contributed by atoms with van der Waals surface area (Å²) >= 11 is 9.40. The zero-order chi connectivity index (χ0) is 13.1. The first-order valence-corrected chi connectivity index (χ1v) is 7.16. The minimum Gasteiger partial charge on any atom is -0.480 e. The Morgan fingerprint density at radius 1 is 1.50 bits per heavy atom. The monoisotopic (exact) mass is 331 g/mol. The Bertz CT molecular complexity index is 453. The average molecular weight is 333 g/mol. The Morgan fingerprint density at radius 2 is 2.28 bits per heavy atom. The van der Waals surface area contributed by atoms with E-state index in [1.54, 1.807) is 0 Å². The number of piperidine rings is 1. The second kappa shape index (κ2) is 6.04. The first-order valence-electron chi connectivity index (χ1n) is 5.98. The fourth-order valence-electron chi connectivity index (χ4n) is 2.33. The van der Waals surface area contributed by atoms with E-state index in [1.165, 1.54) is 0 Å². The van der Waals surface area contributed by atoms with Crippen molar-refractivity contribution in [3.05, 3.63) is 33.3 Å². The van der Waals surface area contributed by atoms with Gasteiger partial charge in [-0.15, -0.1) is 0 Å². The van der Waals surface area contributed by atoms with Gasteiger partial charge in [-0.3, -0.25) is 9.69 Å². The number of hydrogen-bond donors (Lipinski definition) is 1. The molecular weight excluding hydrogens is 318 g/mol. The highest BCUT2D eigenvalue weighted by Gasteiger charge is 2.28. The first kappa shape index (κ1) is 13.8. The summed E-state index contributed by atoms with van der Waals surface area (Å²) in [6, 6.07) is 5.40. The Morgan fingerprint density at radius 3 is 2.94 bits per heavy atom. The summed E-state index contributed by atoms with van der Waals surface area (Å²) in [5, 5.41) is 9.87. The van der Waals surface area contributed by atoms with Gasteiger partial charge in [0.05, 0.1) is 5.02 Å². The van der Waals surface area contributed by atoms with Crippen LogP contribution in [0, 0.1) is 0 Å². The molecule has 2 rings (SSSR count). The molecule has 0 saturated carbocycles. The van der Waals surface area contributed by atoms with Gasteiger partial charge in [0.1, 0.15) is 6.04 Å². The third-order valence-electron chi connectivity index (χ3n) is 3.27. The molecule has 1 fully saturated rings. The molecule has 18 heavy (non-hydrogen) atoms. The van der Waals surface area contributed by atoms with E-state index in [1.807, 2.05) is 23.1 Å². The van der Waals surface area contributed by atoms with E-state index in [9.17, 15) is 9.90 Å². The minimum absolute atomic E-state index is 0.360. The van der Waals surface area contributed by atoms with Gasteiger partial charge < -0.3 is 5.11 Å². The number of nitrogens with zero attached hydrogens (tertiary/aromatic N) is 1. The second-order valence-corrected chi connectivity index (χ2v) is 5.83. The lowest BCUT2D eigenvalue weighted by molar-refractivity contribution is -0.144. The van der Waals surface area contributed by atoms with Crippen LogP contribution in [0.1, 0.15) is 24.8 Å². The molecule has 0 aromatic heterocycles. The second-order valence-electron chi connectivity index (χ2n) is 4.57. The third kappa shape index (κ3) is 3.25. The lowest BCUT2D eigenvalue weighted by Gasteiger charge is -2.32. The Hall–Kier alpha value is -0.580. The number of rotatable bonds is 3. The minimum atomic E-state index is -0.724. The molecule has 1 N–H and O–H groups in total. The zero-order valence-corrected chi connectivity index (χ0v) is 12.2. The van der Waals surface area contributed by atoms with E-state index >= 15 is 0 Å². The number of carboxylic acid groups (broad SMARTS) is 1. The van der Waals surface area contributed by atoms with Crippen molar-refractivity contribution in [1.29, 1.82) is 0 Å². The summed E-state index contributed by atoms with van der Waals surface area (Å²) in [4.78, 5) is 13.2. The van der Waals surface area contributed by atoms with Crippen molar-refractivity contribution < 1.29 is 9.90 Å². The van der Waals surface area contributed by atoms with Crippen molar-refractivity contribution in [2.24, 2.45) is 0 Å². The Labute approximate surface area is 120 Å². The molecule has 1 atom stereocenters. The van der Waals surface area contributed by atoms with Gasteiger partial charge in [-0.1, -0.05) is 24.1 Å². The van der Waals surface area contributed by atoms with Crippen LogP contribution in [0.25, 0.3) is 0 Å². The normalized spacial score (nSPS) is 20.9. The van der Waals surface area contributed by atoms with Crippen LogP contribution in [-0.2, 0) is 11.3 Å². The van der Waals surface area contributed by atoms with Crippen LogP contribution in [0.15, 0.2) is 22.7 Å². The molecule has 1 heterocycles. The highest BCUT2D eigenvalue weighted by molar-refractivity contribution is 9.10.